The lowest BCUT2D eigenvalue weighted by Gasteiger charge is -2.06. The van der Waals surface area contributed by atoms with Gasteiger partial charge in [0.15, 0.2) is 11.0 Å². The number of hydrogen-bond donors (Lipinski definition) is 0. The summed E-state index contributed by atoms with van der Waals surface area (Å²) in [4.78, 5) is 0. The molecule has 6 heteroatoms. The van der Waals surface area contributed by atoms with Crippen molar-refractivity contribution < 1.29 is 4.74 Å². The second-order valence-corrected chi connectivity index (χ2v) is 6.87. The van der Waals surface area contributed by atoms with Gasteiger partial charge in [0.1, 0.15) is 5.75 Å². The van der Waals surface area contributed by atoms with Crippen molar-refractivity contribution in [2.45, 2.75) is 10.9 Å². The Kier molecular flexibility index (Phi) is 5.03. The van der Waals surface area contributed by atoms with Gasteiger partial charge in [0.05, 0.1) is 7.11 Å². The Labute approximate surface area is 148 Å². The van der Waals surface area contributed by atoms with Gasteiger partial charge in [-0.2, -0.15) is 0 Å². The smallest absolute Gasteiger partial charge is 0.191 e. The van der Waals surface area contributed by atoms with Gasteiger partial charge in [-0.05, 0) is 29.8 Å². The molecule has 1 heterocycles. The molecule has 0 atom stereocenters. The van der Waals surface area contributed by atoms with Gasteiger partial charge in [-0.1, -0.05) is 52.0 Å². The van der Waals surface area contributed by atoms with Crippen LogP contribution in [0.5, 0.6) is 5.75 Å². The minimum atomic E-state index is 0.814. The van der Waals surface area contributed by atoms with Crippen molar-refractivity contribution >= 4 is 27.7 Å². The summed E-state index contributed by atoms with van der Waals surface area (Å²) < 4.78 is 8.37. The van der Waals surface area contributed by atoms with Crippen LogP contribution in [-0.2, 0) is 12.8 Å². The number of rotatable bonds is 5. The highest BCUT2D eigenvalue weighted by molar-refractivity contribution is 9.10. The molecule has 3 aromatic rings. The number of halogens is 1. The van der Waals surface area contributed by atoms with Crippen LogP contribution in [0.3, 0.4) is 0 Å². The monoisotopic (exact) mass is 389 g/mol. The van der Waals surface area contributed by atoms with E-state index in [4.69, 9.17) is 4.74 Å². The third kappa shape index (κ3) is 3.76. The Balaban J connectivity index is 1.77. The van der Waals surface area contributed by atoms with Gasteiger partial charge >= 0.3 is 0 Å². The summed E-state index contributed by atoms with van der Waals surface area (Å²) in [7, 11) is 3.65. The van der Waals surface area contributed by atoms with E-state index in [0.717, 1.165) is 32.5 Å². The first-order valence-corrected chi connectivity index (χ1v) is 8.86. The Bertz CT molecular complexity index is 802. The fourth-order valence-corrected chi connectivity index (χ4v) is 3.31. The van der Waals surface area contributed by atoms with Crippen LogP contribution in [0.2, 0.25) is 0 Å². The maximum absolute atomic E-state index is 5.27. The molecule has 0 aliphatic rings. The lowest BCUT2D eigenvalue weighted by Crippen LogP contribution is -1.95. The number of methoxy groups -OCH3 is 1. The molecular formula is C17H16BrN3OS. The normalized spacial score (nSPS) is 10.7. The molecule has 0 bridgehead atoms. The molecule has 23 heavy (non-hydrogen) atoms. The minimum Gasteiger partial charge on any atom is -0.497 e. The predicted octanol–water partition coefficient (Wildman–Crippen LogP) is 4.55. The molecule has 3 rings (SSSR count). The van der Waals surface area contributed by atoms with Crippen molar-refractivity contribution in [3.63, 3.8) is 0 Å². The Hall–Kier alpha value is -1.79. The lowest BCUT2D eigenvalue weighted by molar-refractivity contribution is 0.415. The second kappa shape index (κ2) is 7.19. The van der Waals surface area contributed by atoms with Crippen molar-refractivity contribution in [2.24, 2.45) is 7.05 Å². The largest absolute Gasteiger partial charge is 0.497 e. The molecule has 2 aromatic carbocycles. The van der Waals surface area contributed by atoms with Crippen LogP contribution in [0.1, 0.15) is 5.56 Å². The molecular weight excluding hydrogens is 374 g/mol. The number of thioether (sulfide) groups is 1. The standard InChI is InChI=1S/C17H16BrN3OS/c1-21-16(13-4-3-5-15(10-13)22-2)19-20-17(21)23-11-12-6-8-14(18)9-7-12/h3-10H,11H2,1-2H3. The molecule has 0 aliphatic carbocycles. The Morgan fingerprint density at radius 2 is 1.91 bits per heavy atom. The van der Waals surface area contributed by atoms with Gasteiger partial charge in [-0.3, -0.25) is 0 Å². The summed E-state index contributed by atoms with van der Waals surface area (Å²) in [5.41, 5.74) is 2.25. The molecule has 0 saturated heterocycles. The SMILES string of the molecule is COc1cccc(-c2nnc(SCc3ccc(Br)cc3)n2C)c1. The highest BCUT2D eigenvalue weighted by atomic mass is 79.9. The first kappa shape index (κ1) is 16.1. The van der Waals surface area contributed by atoms with Gasteiger partial charge < -0.3 is 9.30 Å². The van der Waals surface area contributed by atoms with Crippen LogP contribution in [0.4, 0.5) is 0 Å². The fraction of sp³-hybridized carbons (Fsp3) is 0.176. The van der Waals surface area contributed by atoms with Gasteiger partial charge in [0.2, 0.25) is 0 Å². The molecule has 1 aromatic heterocycles. The van der Waals surface area contributed by atoms with Crippen LogP contribution < -0.4 is 4.74 Å². The van der Waals surface area contributed by atoms with Crippen LogP contribution in [0.25, 0.3) is 11.4 Å². The van der Waals surface area contributed by atoms with Crippen molar-refractivity contribution in [1.29, 1.82) is 0 Å². The number of benzene rings is 2. The minimum absolute atomic E-state index is 0.814. The summed E-state index contributed by atoms with van der Waals surface area (Å²) >= 11 is 5.12. The van der Waals surface area contributed by atoms with Gasteiger partial charge in [-0.15, -0.1) is 10.2 Å². The molecule has 0 amide bonds. The van der Waals surface area contributed by atoms with Crippen molar-refractivity contribution in [3.8, 4) is 17.1 Å². The summed E-state index contributed by atoms with van der Waals surface area (Å²) in [6.45, 7) is 0. The Morgan fingerprint density at radius 1 is 1.13 bits per heavy atom. The quantitative estimate of drug-likeness (QED) is 0.600. The zero-order chi connectivity index (χ0) is 16.2. The molecule has 0 radical (unpaired) electrons. The van der Waals surface area contributed by atoms with E-state index in [-0.39, 0.29) is 0 Å². The van der Waals surface area contributed by atoms with Crippen molar-refractivity contribution in [3.05, 3.63) is 58.6 Å². The van der Waals surface area contributed by atoms with Crippen molar-refractivity contribution in [1.82, 2.24) is 14.8 Å². The first-order chi connectivity index (χ1) is 11.2. The van der Waals surface area contributed by atoms with Crippen LogP contribution in [0.15, 0.2) is 58.2 Å². The molecule has 0 fully saturated rings. The highest BCUT2D eigenvalue weighted by Crippen LogP contribution is 2.27. The summed E-state index contributed by atoms with van der Waals surface area (Å²) in [6.07, 6.45) is 0. The zero-order valence-electron chi connectivity index (χ0n) is 12.9. The number of hydrogen-bond acceptors (Lipinski definition) is 4. The molecule has 0 saturated carbocycles. The lowest BCUT2D eigenvalue weighted by atomic mass is 10.2. The molecule has 4 nitrogen and oxygen atoms in total. The predicted molar refractivity (Wildman–Crippen MR) is 96.7 cm³/mol. The van der Waals surface area contributed by atoms with E-state index in [2.05, 4.69) is 38.3 Å². The summed E-state index contributed by atoms with van der Waals surface area (Å²) in [5, 5.41) is 9.52. The molecule has 0 N–H and O–H groups in total. The number of aromatic nitrogens is 3. The van der Waals surface area contributed by atoms with E-state index in [0.29, 0.717) is 0 Å². The van der Waals surface area contributed by atoms with E-state index in [1.165, 1.54) is 5.56 Å². The maximum Gasteiger partial charge on any atom is 0.191 e. The maximum atomic E-state index is 5.27. The van der Waals surface area contributed by atoms with Gasteiger partial charge in [-0.25, -0.2) is 0 Å². The number of ether oxygens (including phenoxy) is 1. The fourth-order valence-electron chi connectivity index (χ4n) is 2.18. The van der Waals surface area contributed by atoms with Crippen molar-refractivity contribution in [2.75, 3.05) is 7.11 Å². The Morgan fingerprint density at radius 3 is 2.65 bits per heavy atom. The average Bonchev–Trinajstić information content (AvgIpc) is 2.95. The topological polar surface area (TPSA) is 39.9 Å². The molecule has 118 valence electrons. The van der Waals surface area contributed by atoms with E-state index in [9.17, 15) is 0 Å². The van der Waals surface area contributed by atoms with Crippen LogP contribution in [0, 0.1) is 0 Å². The van der Waals surface area contributed by atoms with Gasteiger partial charge in [0, 0.05) is 22.8 Å². The molecule has 0 unspecified atom stereocenters. The summed E-state index contributed by atoms with van der Waals surface area (Å²) in [6, 6.07) is 16.2. The van der Waals surface area contributed by atoms with Gasteiger partial charge in [0.25, 0.3) is 0 Å². The van der Waals surface area contributed by atoms with E-state index < -0.39 is 0 Å². The third-order valence-corrected chi connectivity index (χ3v) is 5.06. The highest BCUT2D eigenvalue weighted by Gasteiger charge is 2.12. The van der Waals surface area contributed by atoms with Crippen LogP contribution >= 0.6 is 27.7 Å². The summed E-state index contributed by atoms with van der Waals surface area (Å²) in [5.74, 6) is 2.51. The van der Waals surface area contributed by atoms with E-state index in [1.807, 2.05) is 48.0 Å². The van der Waals surface area contributed by atoms with E-state index in [1.54, 1.807) is 18.9 Å². The average molecular weight is 390 g/mol. The molecule has 0 aliphatic heterocycles. The van der Waals surface area contributed by atoms with Crippen LogP contribution in [-0.4, -0.2) is 21.9 Å². The molecule has 0 spiro atoms. The third-order valence-electron chi connectivity index (χ3n) is 3.44. The second-order valence-electron chi connectivity index (χ2n) is 5.01. The zero-order valence-corrected chi connectivity index (χ0v) is 15.3. The van der Waals surface area contributed by atoms with E-state index >= 15 is 0 Å². The number of nitrogens with zero attached hydrogens (tertiary/aromatic N) is 3. The first-order valence-electron chi connectivity index (χ1n) is 7.08.